The van der Waals surface area contributed by atoms with Gasteiger partial charge in [0.2, 0.25) is 0 Å². The van der Waals surface area contributed by atoms with Gasteiger partial charge in [-0.2, -0.15) is 0 Å². The third-order valence-corrected chi connectivity index (χ3v) is 4.69. The molecule has 1 aliphatic heterocycles. The second-order valence-corrected chi connectivity index (χ2v) is 6.36. The third-order valence-electron chi connectivity index (χ3n) is 4.69. The van der Waals surface area contributed by atoms with Gasteiger partial charge >= 0.3 is 0 Å². The number of fused-ring (bicyclic) bond motifs is 1. The van der Waals surface area contributed by atoms with Crippen LogP contribution >= 0.6 is 0 Å². The van der Waals surface area contributed by atoms with Gasteiger partial charge in [-0.1, -0.05) is 12.1 Å². The predicted octanol–water partition coefficient (Wildman–Crippen LogP) is 3.06. The monoisotopic (exact) mass is 320 g/mol. The molecule has 5 nitrogen and oxygen atoms in total. The lowest BCUT2D eigenvalue weighted by molar-refractivity contribution is 0.0699. The summed E-state index contributed by atoms with van der Waals surface area (Å²) in [4.78, 5) is 23.5. The number of hydrogen-bond donors (Lipinski definition) is 0. The number of pyridine rings is 2. The Bertz CT molecular complexity index is 886. The third kappa shape index (κ3) is 2.66. The summed E-state index contributed by atoms with van der Waals surface area (Å²) in [5.41, 5.74) is 3.59. The summed E-state index contributed by atoms with van der Waals surface area (Å²) in [6.07, 6.45) is 5.91. The highest BCUT2D eigenvalue weighted by molar-refractivity contribution is 5.92. The van der Waals surface area contributed by atoms with Crippen LogP contribution in [0.3, 0.4) is 0 Å². The average Bonchev–Trinajstić information content (AvgIpc) is 3.10. The Morgan fingerprint density at radius 2 is 2.08 bits per heavy atom. The maximum absolute atomic E-state index is 12.8. The Hall–Kier alpha value is -2.69. The number of imidazole rings is 1. The van der Waals surface area contributed by atoms with Gasteiger partial charge < -0.3 is 9.30 Å². The van der Waals surface area contributed by atoms with Gasteiger partial charge in [-0.05, 0) is 44.0 Å². The first-order valence-electron chi connectivity index (χ1n) is 8.37. The minimum atomic E-state index is 0.0289. The van der Waals surface area contributed by atoms with Crippen molar-refractivity contribution in [2.24, 2.45) is 0 Å². The molecule has 1 saturated heterocycles. The van der Waals surface area contributed by atoms with Crippen LogP contribution in [0.25, 0.3) is 5.65 Å². The number of nitrogens with zero attached hydrogens (tertiary/aromatic N) is 4. The molecule has 0 aliphatic carbocycles. The molecule has 1 atom stereocenters. The molecule has 1 aliphatic rings. The molecular formula is C19H20N4O. The Morgan fingerprint density at radius 3 is 2.96 bits per heavy atom. The lowest BCUT2D eigenvalue weighted by Crippen LogP contribution is -2.39. The van der Waals surface area contributed by atoms with Crippen molar-refractivity contribution in [3.63, 3.8) is 0 Å². The molecule has 122 valence electrons. The quantitative estimate of drug-likeness (QED) is 0.729. The van der Waals surface area contributed by atoms with Crippen LogP contribution in [0.2, 0.25) is 0 Å². The Morgan fingerprint density at radius 1 is 1.21 bits per heavy atom. The van der Waals surface area contributed by atoms with E-state index < -0.39 is 0 Å². The van der Waals surface area contributed by atoms with E-state index in [9.17, 15) is 4.79 Å². The first-order chi connectivity index (χ1) is 11.7. The minimum absolute atomic E-state index is 0.0289. The number of carbonyl (C=O) groups is 1. The summed E-state index contributed by atoms with van der Waals surface area (Å²) in [5, 5.41) is 0. The van der Waals surface area contributed by atoms with Crippen molar-refractivity contribution in [1.82, 2.24) is 19.3 Å². The Kier molecular flexibility index (Phi) is 3.76. The van der Waals surface area contributed by atoms with E-state index in [4.69, 9.17) is 0 Å². The lowest BCUT2D eigenvalue weighted by Gasteiger charge is -2.33. The van der Waals surface area contributed by atoms with E-state index >= 15 is 0 Å². The largest absolute Gasteiger partial charge is 0.337 e. The molecule has 3 aromatic rings. The molecule has 4 heterocycles. The fourth-order valence-electron chi connectivity index (χ4n) is 3.53. The molecule has 4 rings (SSSR count). The van der Waals surface area contributed by atoms with Gasteiger partial charge in [0.15, 0.2) is 0 Å². The molecule has 5 heteroatoms. The molecular weight excluding hydrogens is 300 g/mol. The van der Waals surface area contributed by atoms with Crippen LogP contribution in [-0.2, 0) is 0 Å². The highest BCUT2D eigenvalue weighted by Crippen LogP contribution is 2.28. The zero-order valence-electron chi connectivity index (χ0n) is 13.7. The van der Waals surface area contributed by atoms with E-state index in [0.29, 0.717) is 11.6 Å². The van der Waals surface area contributed by atoms with E-state index in [1.165, 1.54) is 5.69 Å². The number of likely N-dealkylation sites (tertiary alicyclic amines) is 1. The minimum Gasteiger partial charge on any atom is -0.337 e. The van der Waals surface area contributed by atoms with Crippen LogP contribution in [0.1, 0.15) is 40.6 Å². The number of aromatic nitrogens is 3. The molecule has 0 saturated carbocycles. The second-order valence-electron chi connectivity index (χ2n) is 6.36. The zero-order valence-corrected chi connectivity index (χ0v) is 13.7. The normalized spacial score (nSPS) is 18.0. The maximum Gasteiger partial charge on any atom is 0.272 e. The first kappa shape index (κ1) is 14.9. The summed E-state index contributed by atoms with van der Waals surface area (Å²) in [6.45, 7) is 3.44. The van der Waals surface area contributed by atoms with Crippen LogP contribution in [-0.4, -0.2) is 38.3 Å². The molecule has 0 spiro atoms. The van der Waals surface area contributed by atoms with E-state index in [1.807, 2.05) is 48.5 Å². The number of rotatable bonds is 2. The van der Waals surface area contributed by atoms with Crippen molar-refractivity contribution in [2.45, 2.75) is 25.7 Å². The Balaban J connectivity index is 1.60. The van der Waals surface area contributed by atoms with Crippen LogP contribution in [0.15, 0.2) is 48.8 Å². The van der Waals surface area contributed by atoms with E-state index in [0.717, 1.165) is 37.3 Å². The van der Waals surface area contributed by atoms with E-state index in [1.54, 1.807) is 6.07 Å². The van der Waals surface area contributed by atoms with Gasteiger partial charge in [0, 0.05) is 42.8 Å². The second kappa shape index (κ2) is 6.07. The van der Waals surface area contributed by atoms with Crippen LogP contribution < -0.4 is 0 Å². The fourth-order valence-corrected chi connectivity index (χ4v) is 3.53. The number of amides is 1. The van der Waals surface area contributed by atoms with Crippen molar-refractivity contribution < 1.29 is 4.79 Å². The summed E-state index contributed by atoms with van der Waals surface area (Å²) in [6, 6.07) is 11.8. The van der Waals surface area contributed by atoms with Gasteiger partial charge in [-0.15, -0.1) is 0 Å². The van der Waals surface area contributed by atoms with Crippen molar-refractivity contribution in [1.29, 1.82) is 0 Å². The van der Waals surface area contributed by atoms with Gasteiger partial charge in [-0.25, -0.2) is 9.97 Å². The fraction of sp³-hybridized carbons (Fsp3) is 0.316. The summed E-state index contributed by atoms with van der Waals surface area (Å²) < 4.78 is 2.13. The van der Waals surface area contributed by atoms with Gasteiger partial charge in [0.05, 0.1) is 0 Å². The molecule has 0 bridgehead atoms. The van der Waals surface area contributed by atoms with E-state index in [2.05, 4.69) is 20.4 Å². The molecule has 0 N–H and O–H groups in total. The summed E-state index contributed by atoms with van der Waals surface area (Å²) in [7, 11) is 0. The molecule has 24 heavy (non-hydrogen) atoms. The zero-order chi connectivity index (χ0) is 16.5. The van der Waals surface area contributed by atoms with Crippen molar-refractivity contribution >= 4 is 11.6 Å². The highest BCUT2D eigenvalue weighted by Gasteiger charge is 2.27. The Labute approximate surface area is 141 Å². The molecule has 0 aromatic carbocycles. The first-order valence-corrected chi connectivity index (χ1v) is 8.37. The number of piperidine rings is 1. The summed E-state index contributed by atoms with van der Waals surface area (Å²) in [5.74, 6) is 0.353. The SMILES string of the molecule is Cc1cccc(C(=O)N2CCC[C@H](c3cccc4nccn34)C2)n1. The van der Waals surface area contributed by atoms with Gasteiger partial charge in [0.25, 0.3) is 5.91 Å². The van der Waals surface area contributed by atoms with Crippen molar-refractivity contribution in [2.75, 3.05) is 13.1 Å². The smallest absolute Gasteiger partial charge is 0.272 e. The lowest BCUT2D eigenvalue weighted by atomic mass is 9.93. The van der Waals surface area contributed by atoms with Crippen molar-refractivity contribution in [3.05, 3.63) is 65.9 Å². The average molecular weight is 320 g/mol. The molecule has 0 unspecified atom stereocenters. The number of hydrogen-bond acceptors (Lipinski definition) is 3. The van der Waals surface area contributed by atoms with Crippen LogP contribution in [0, 0.1) is 6.92 Å². The number of carbonyl (C=O) groups excluding carboxylic acids is 1. The molecule has 3 aromatic heterocycles. The predicted molar refractivity (Wildman–Crippen MR) is 92.0 cm³/mol. The molecule has 1 amide bonds. The number of aryl methyl sites for hydroxylation is 1. The van der Waals surface area contributed by atoms with E-state index in [-0.39, 0.29) is 5.91 Å². The maximum atomic E-state index is 12.8. The van der Waals surface area contributed by atoms with Crippen molar-refractivity contribution in [3.8, 4) is 0 Å². The molecule has 0 radical (unpaired) electrons. The standard InChI is InChI=1S/C19H20N4O/c1-14-5-2-7-16(21-14)19(24)22-11-4-6-15(13-22)17-8-3-9-18-20-10-12-23(17)18/h2-3,5,7-10,12,15H,4,6,11,13H2,1H3/t15-/m0/s1. The molecule has 1 fully saturated rings. The van der Waals surface area contributed by atoms with Gasteiger partial charge in [0.1, 0.15) is 11.3 Å². The topological polar surface area (TPSA) is 50.5 Å². The van der Waals surface area contributed by atoms with Gasteiger partial charge in [-0.3, -0.25) is 4.79 Å². The van der Waals surface area contributed by atoms with Crippen LogP contribution in [0.4, 0.5) is 0 Å². The highest BCUT2D eigenvalue weighted by atomic mass is 16.2. The summed E-state index contributed by atoms with van der Waals surface area (Å²) >= 11 is 0. The van der Waals surface area contributed by atoms with Crippen LogP contribution in [0.5, 0.6) is 0 Å².